The zero-order valence-electron chi connectivity index (χ0n) is 17.4. The summed E-state index contributed by atoms with van der Waals surface area (Å²) in [7, 11) is -4.10. The van der Waals surface area contributed by atoms with Crippen molar-refractivity contribution in [2.75, 3.05) is 32.8 Å². The molecule has 0 saturated carbocycles. The summed E-state index contributed by atoms with van der Waals surface area (Å²) in [6, 6.07) is 10.9. The Balaban J connectivity index is 1.65. The van der Waals surface area contributed by atoms with E-state index >= 15 is 0 Å². The number of benzene rings is 2. The van der Waals surface area contributed by atoms with Gasteiger partial charge in [0.1, 0.15) is 5.75 Å². The number of amides is 1. The van der Waals surface area contributed by atoms with Gasteiger partial charge in [-0.05, 0) is 37.3 Å². The van der Waals surface area contributed by atoms with Crippen molar-refractivity contribution in [3.63, 3.8) is 0 Å². The Bertz CT molecular complexity index is 1090. The molecule has 2 aromatic rings. The molecule has 1 fully saturated rings. The fourth-order valence-corrected chi connectivity index (χ4v) is 4.77. The first-order chi connectivity index (χ1) is 15.1. The molecule has 0 N–H and O–H groups in total. The van der Waals surface area contributed by atoms with Crippen molar-refractivity contribution in [3.8, 4) is 5.75 Å². The molecule has 2 aromatic carbocycles. The summed E-state index contributed by atoms with van der Waals surface area (Å²) in [4.78, 5) is 13.6. The molecular weight excluding hydrogens is 445 g/mol. The van der Waals surface area contributed by atoms with Crippen molar-refractivity contribution in [2.45, 2.75) is 18.0 Å². The van der Waals surface area contributed by atoms with E-state index in [9.17, 15) is 26.4 Å². The summed E-state index contributed by atoms with van der Waals surface area (Å²) in [6.45, 7) is 2.60. The molecule has 0 bridgehead atoms. The number of hydrogen-bond acceptors (Lipinski definition) is 4. The Morgan fingerprint density at radius 2 is 1.75 bits per heavy atom. The van der Waals surface area contributed by atoms with Crippen LogP contribution in [-0.2, 0) is 21.0 Å². The number of piperazine rings is 1. The monoisotopic (exact) mass is 468 g/mol. The van der Waals surface area contributed by atoms with Gasteiger partial charge in [0.15, 0.2) is 0 Å². The lowest BCUT2D eigenvalue weighted by atomic mass is 10.2. The third-order valence-electron chi connectivity index (χ3n) is 4.97. The molecule has 0 radical (unpaired) electrons. The van der Waals surface area contributed by atoms with E-state index in [1.807, 2.05) is 25.1 Å². The number of alkyl halides is 3. The molecule has 0 aromatic heterocycles. The number of para-hydroxylation sites is 1. The lowest BCUT2D eigenvalue weighted by Gasteiger charge is -2.33. The van der Waals surface area contributed by atoms with Crippen LogP contribution < -0.4 is 4.74 Å². The fraction of sp³-hybridized carbons (Fsp3) is 0.318. The summed E-state index contributed by atoms with van der Waals surface area (Å²) >= 11 is 0. The molecule has 172 valence electrons. The first-order valence-corrected chi connectivity index (χ1v) is 11.4. The topological polar surface area (TPSA) is 66.9 Å². The third kappa shape index (κ3) is 5.49. The van der Waals surface area contributed by atoms with E-state index in [4.69, 9.17) is 4.74 Å². The smallest absolute Gasteiger partial charge is 0.416 e. The van der Waals surface area contributed by atoms with E-state index in [0.29, 0.717) is 18.4 Å². The lowest BCUT2D eigenvalue weighted by molar-refractivity contribution is -0.137. The van der Waals surface area contributed by atoms with Crippen LogP contribution in [0.3, 0.4) is 0 Å². The number of hydrogen-bond donors (Lipinski definition) is 0. The minimum Gasteiger partial charge on any atom is -0.493 e. The van der Waals surface area contributed by atoms with E-state index < -0.39 is 26.7 Å². The summed E-state index contributed by atoms with van der Waals surface area (Å²) in [5.74, 6) is 0.364. The average molecular weight is 468 g/mol. The van der Waals surface area contributed by atoms with E-state index in [2.05, 4.69) is 0 Å². The van der Waals surface area contributed by atoms with Crippen LogP contribution >= 0.6 is 0 Å². The van der Waals surface area contributed by atoms with Gasteiger partial charge in [-0.25, -0.2) is 8.42 Å². The van der Waals surface area contributed by atoms with Crippen molar-refractivity contribution in [2.24, 2.45) is 0 Å². The molecule has 0 spiro atoms. The largest absolute Gasteiger partial charge is 0.493 e. The van der Waals surface area contributed by atoms with Crippen molar-refractivity contribution < 1.29 is 31.1 Å². The molecule has 1 aliphatic rings. The van der Waals surface area contributed by atoms with Crippen LogP contribution in [0.1, 0.15) is 18.1 Å². The molecule has 10 heteroatoms. The highest BCUT2D eigenvalue weighted by Gasteiger charge is 2.34. The number of ether oxygens (including phenoxy) is 1. The maximum Gasteiger partial charge on any atom is 0.416 e. The number of halogens is 3. The number of carbonyl (C=O) groups excluding carboxylic acids is 1. The molecule has 3 rings (SSSR count). The molecule has 1 aliphatic heterocycles. The van der Waals surface area contributed by atoms with Gasteiger partial charge in [-0.15, -0.1) is 0 Å². The number of rotatable bonds is 6. The van der Waals surface area contributed by atoms with E-state index in [-0.39, 0.29) is 32.1 Å². The van der Waals surface area contributed by atoms with Crippen LogP contribution in [0.15, 0.2) is 59.5 Å². The first kappa shape index (κ1) is 23.8. The zero-order chi connectivity index (χ0) is 23.4. The second-order valence-electron chi connectivity index (χ2n) is 7.06. The lowest BCUT2D eigenvalue weighted by Crippen LogP contribution is -2.50. The first-order valence-electron chi connectivity index (χ1n) is 9.99. The molecule has 1 saturated heterocycles. The van der Waals surface area contributed by atoms with Gasteiger partial charge >= 0.3 is 6.18 Å². The standard InChI is InChI=1S/C22H23F3N2O4S/c1-2-31-20-9-4-3-6-17(20)10-11-21(28)26-12-14-27(15-13-26)32(29,30)19-8-5-7-18(16-19)22(23,24)25/h3-11,16H,2,12-15H2,1H3. The predicted molar refractivity (Wildman–Crippen MR) is 113 cm³/mol. The van der Waals surface area contributed by atoms with Crippen LogP contribution in [0.4, 0.5) is 13.2 Å². The van der Waals surface area contributed by atoms with Gasteiger partial charge in [-0.2, -0.15) is 17.5 Å². The normalized spacial score (nSPS) is 15.8. The average Bonchev–Trinajstić information content (AvgIpc) is 2.78. The van der Waals surface area contributed by atoms with Gasteiger partial charge in [0.2, 0.25) is 15.9 Å². The number of nitrogens with zero attached hydrogens (tertiary/aromatic N) is 2. The Kier molecular flexibility index (Phi) is 7.25. The minimum atomic E-state index is -4.64. The van der Waals surface area contributed by atoms with Gasteiger partial charge in [0, 0.05) is 37.8 Å². The van der Waals surface area contributed by atoms with Crippen molar-refractivity contribution in [3.05, 3.63) is 65.7 Å². The second-order valence-corrected chi connectivity index (χ2v) is 9.00. The summed E-state index contributed by atoms with van der Waals surface area (Å²) < 4.78 is 71.0. The molecule has 1 amide bonds. The summed E-state index contributed by atoms with van der Waals surface area (Å²) in [5.41, 5.74) is -0.279. The molecular formula is C22H23F3N2O4S. The molecule has 1 heterocycles. The number of carbonyl (C=O) groups is 1. The summed E-state index contributed by atoms with van der Waals surface area (Å²) in [5, 5.41) is 0. The van der Waals surface area contributed by atoms with E-state index in [0.717, 1.165) is 28.1 Å². The van der Waals surface area contributed by atoms with Crippen LogP contribution in [0.25, 0.3) is 6.08 Å². The van der Waals surface area contributed by atoms with Crippen LogP contribution in [0.2, 0.25) is 0 Å². The van der Waals surface area contributed by atoms with Gasteiger partial charge in [-0.1, -0.05) is 24.3 Å². The molecule has 0 unspecified atom stereocenters. The summed E-state index contributed by atoms with van der Waals surface area (Å²) in [6.07, 6.45) is -1.60. The highest BCUT2D eigenvalue weighted by atomic mass is 32.2. The van der Waals surface area contributed by atoms with Crippen LogP contribution in [0, 0.1) is 0 Å². The van der Waals surface area contributed by atoms with Crippen LogP contribution in [0.5, 0.6) is 5.75 Å². The third-order valence-corrected chi connectivity index (χ3v) is 6.87. The zero-order valence-corrected chi connectivity index (χ0v) is 18.2. The highest BCUT2D eigenvalue weighted by Crippen LogP contribution is 2.31. The predicted octanol–water partition coefficient (Wildman–Crippen LogP) is 3.65. The van der Waals surface area contributed by atoms with Gasteiger partial charge in [0.05, 0.1) is 17.1 Å². The quantitative estimate of drug-likeness (QED) is 0.607. The van der Waals surface area contributed by atoms with Crippen molar-refractivity contribution >= 4 is 22.0 Å². The van der Waals surface area contributed by atoms with Crippen molar-refractivity contribution in [1.82, 2.24) is 9.21 Å². The second kappa shape index (κ2) is 9.74. The van der Waals surface area contributed by atoms with Crippen molar-refractivity contribution in [1.29, 1.82) is 0 Å². The Morgan fingerprint density at radius 1 is 1.06 bits per heavy atom. The fourth-order valence-electron chi connectivity index (χ4n) is 3.30. The van der Waals surface area contributed by atoms with Gasteiger partial charge < -0.3 is 9.64 Å². The van der Waals surface area contributed by atoms with E-state index in [1.165, 1.54) is 11.0 Å². The molecule has 0 aliphatic carbocycles. The highest BCUT2D eigenvalue weighted by molar-refractivity contribution is 7.89. The maximum atomic E-state index is 12.9. The Hall–Kier alpha value is -2.85. The van der Waals surface area contributed by atoms with E-state index in [1.54, 1.807) is 12.1 Å². The minimum absolute atomic E-state index is 0.00626. The molecule has 6 nitrogen and oxygen atoms in total. The molecule has 0 atom stereocenters. The SMILES string of the molecule is CCOc1ccccc1C=CC(=O)N1CCN(S(=O)(=O)c2cccc(C(F)(F)F)c2)CC1. The number of sulfonamides is 1. The Morgan fingerprint density at radius 3 is 2.41 bits per heavy atom. The molecule has 32 heavy (non-hydrogen) atoms. The maximum absolute atomic E-state index is 12.9. The van der Waals surface area contributed by atoms with Gasteiger partial charge in [-0.3, -0.25) is 4.79 Å². The Labute approximate surface area is 184 Å². The van der Waals surface area contributed by atoms with Crippen LogP contribution in [-0.4, -0.2) is 56.3 Å². The van der Waals surface area contributed by atoms with Gasteiger partial charge in [0.25, 0.3) is 0 Å².